The van der Waals surface area contributed by atoms with Crippen LogP contribution in [0.25, 0.3) is 0 Å². The molecule has 0 aromatic rings. The second-order valence-electron chi connectivity index (χ2n) is 5.31. The summed E-state index contributed by atoms with van der Waals surface area (Å²) in [6, 6.07) is 0. The minimum atomic E-state index is 0.910. The molecule has 0 amide bonds. The van der Waals surface area contributed by atoms with Crippen molar-refractivity contribution in [2.75, 3.05) is 18.8 Å². The zero-order chi connectivity index (χ0) is 12.2. The average molecular weight is 257 g/mol. The van der Waals surface area contributed by atoms with Gasteiger partial charge in [0.05, 0.1) is 0 Å². The van der Waals surface area contributed by atoms with Crippen molar-refractivity contribution in [1.29, 1.82) is 0 Å². The molecule has 0 aromatic heterocycles. The van der Waals surface area contributed by atoms with Crippen molar-refractivity contribution >= 4 is 11.8 Å². The molecule has 1 nitrogen and oxygen atoms in total. The van der Waals surface area contributed by atoms with Gasteiger partial charge in [0.1, 0.15) is 0 Å². The molecular formula is C15H31NS. The number of hydrogen-bond acceptors (Lipinski definition) is 2. The summed E-state index contributed by atoms with van der Waals surface area (Å²) in [6.45, 7) is 4.78. The van der Waals surface area contributed by atoms with E-state index in [1.165, 1.54) is 83.1 Å². The molecule has 0 saturated carbocycles. The monoisotopic (exact) mass is 257 g/mol. The van der Waals surface area contributed by atoms with Gasteiger partial charge in [-0.2, -0.15) is 11.8 Å². The van der Waals surface area contributed by atoms with Gasteiger partial charge in [0.2, 0.25) is 0 Å². The predicted molar refractivity (Wildman–Crippen MR) is 81.0 cm³/mol. The summed E-state index contributed by atoms with van der Waals surface area (Å²) in [7, 11) is 0. The second-order valence-corrected chi connectivity index (χ2v) is 6.72. The van der Waals surface area contributed by atoms with Crippen molar-refractivity contribution in [2.24, 2.45) is 0 Å². The van der Waals surface area contributed by atoms with E-state index in [0.29, 0.717) is 0 Å². The third kappa shape index (κ3) is 8.96. The van der Waals surface area contributed by atoms with Crippen molar-refractivity contribution in [3.63, 3.8) is 0 Å². The fourth-order valence-corrected chi connectivity index (χ4v) is 3.71. The lowest BCUT2D eigenvalue weighted by Crippen LogP contribution is -2.27. The third-order valence-corrected chi connectivity index (χ3v) is 5.00. The van der Waals surface area contributed by atoms with E-state index in [1.54, 1.807) is 0 Å². The highest BCUT2D eigenvalue weighted by atomic mass is 32.2. The minimum absolute atomic E-state index is 0.910. The van der Waals surface area contributed by atoms with E-state index in [4.69, 9.17) is 0 Å². The Morgan fingerprint density at radius 2 is 1.76 bits per heavy atom. The predicted octanol–water partition coefficient (Wildman–Crippen LogP) is 4.61. The SMILES string of the molecule is CCCCCCCCCNCC1CCCCS1. The Bertz CT molecular complexity index is 155. The lowest BCUT2D eigenvalue weighted by atomic mass is 10.1. The van der Waals surface area contributed by atoms with E-state index in [0.717, 1.165) is 5.25 Å². The number of hydrogen-bond donors (Lipinski definition) is 1. The summed E-state index contributed by atoms with van der Waals surface area (Å²) in [5, 5.41) is 4.55. The van der Waals surface area contributed by atoms with Crippen molar-refractivity contribution < 1.29 is 0 Å². The molecule has 1 N–H and O–H groups in total. The van der Waals surface area contributed by atoms with Gasteiger partial charge in [-0.15, -0.1) is 0 Å². The Labute approximate surface area is 113 Å². The van der Waals surface area contributed by atoms with Crippen LogP contribution in [0, 0.1) is 0 Å². The topological polar surface area (TPSA) is 12.0 Å². The van der Waals surface area contributed by atoms with Crippen LogP contribution in [0.5, 0.6) is 0 Å². The van der Waals surface area contributed by atoms with Gasteiger partial charge in [-0.05, 0) is 31.6 Å². The Morgan fingerprint density at radius 1 is 1.00 bits per heavy atom. The highest BCUT2D eigenvalue weighted by Gasteiger charge is 2.12. The number of thioether (sulfide) groups is 1. The first kappa shape index (κ1) is 15.4. The van der Waals surface area contributed by atoms with E-state index in [1.807, 2.05) is 0 Å². The first-order chi connectivity index (χ1) is 8.43. The third-order valence-electron chi connectivity index (χ3n) is 3.60. The highest BCUT2D eigenvalue weighted by molar-refractivity contribution is 7.99. The second kappa shape index (κ2) is 11.4. The van der Waals surface area contributed by atoms with Crippen LogP contribution in [0.1, 0.15) is 71.1 Å². The van der Waals surface area contributed by atoms with Crippen LogP contribution >= 0.6 is 11.8 Å². The zero-order valence-electron chi connectivity index (χ0n) is 11.7. The smallest absolute Gasteiger partial charge is 0.0172 e. The van der Waals surface area contributed by atoms with Crippen molar-refractivity contribution in [2.45, 2.75) is 76.4 Å². The molecule has 102 valence electrons. The molecule has 0 bridgehead atoms. The summed E-state index contributed by atoms with van der Waals surface area (Å²) in [6.07, 6.45) is 14.3. The largest absolute Gasteiger partial charge is 0.316 e. The van der Waals surface area contributed by atoms with Crippen molar-refractivity contribution in [3.05, 3.63) is 0 Å². The van der Waals surface area contributed by atoms with Gasteiger partial charge in [0.15, 0.2) is 0 Å². The Morgan fingerprint density at radius 3 is 2.47 bits per heavy atom. The quantitative estimate of drug-likeness (QED) is 0.573. The van der Waals surface area contributed by atoms with Gasteiger partial charge >= 0.3 is 0 Å². The molecule has 2 heteroatoms. The summed E-state index contributed by atoms with van der Waals surface area (Å²) in [4.78, 5) is 0. The molecular weight excluding hydrogens is 226 g/mol. The maximum atomic E-state index is 3.64. The van der Waals surface area contributed by atoms with Crippen LogP contribution in [-0.4, -0.2) is 24.1 Å². The molecule has 1 unspecified atom stereocenters. The summed E-state index contributed by atoms with van der Waals surface area (Å²) < 4.78 is 0. The Hall–Kier alpha value is 0.310. The summed E-state index contributed by atoms with van der Waals surface area (Å²) >= 11 is 2.18. The van der Waals surface area contributed by atoms with Gasteiger partial charge in [-0.1, -0.05) is 51.9 Å². The number of rotatable bonds is 10. The van der Waals surface area contributed by atoms with Crippen LogP contribution < -0.4 is 5.32 Å². The molecule has 0 radical (unpaired) electrons. The molecule has 1 saturated heterocycles. The van der Waals surface area contributed by atoms with Crippen molar-refractivity contribution in [3.8, 4) is 0 Å². The normalized spacial score (nSPS) is 20.6. The molecule has 0 spiro atoms. The number of unbranched alkanes of at least 4 members (excludes halogenated alkanes) is 6. The first-order valence-electron chi connectivity index (χ1n) is 7.76. The van der Waals surface area contributed by atoms with E-state index in [2.05, 4.69) is 24.0 Å². The fraction of sp³-hybridized carbons (Fsp3) is 1.00. The van der Waals surface area contributed by atoms with Gasteiger partial charge in [0, 0.05) is 11.8 Å². The molecule has 0 aromatic carbocycles. The molecule has 1 aliphatic rings. The summed E-state index contributed by atoms with van der Waals surface area (Å²) in [5.41, 5.74) is 0. The lowest BCUT2D eigenvalue weighted by Gasteiger charge is -2.21. The Kier molecular flexibility index (Phi) is 10.3. The van der Waals surface area contributed by atoms with E-state index in [9.17, 15) is 0 Å². The van der Waals surface area contributed by atoms with E-state index < -0.39 is 0 Å². The maximum absolute atomic E-state index is 3.64. The lowest BCUT2D eigenvalue weighted by molar-refractivity contribution is 0.548. The molecule has 0 aliphatic carbocycles. The highest BCUT2D eigenvalue weighted by Crippen LogP contribution is 2.24. The van der Waals surface area contributed by atoms with Crippen molar-refractivity contribution in [1.82, 2.24) is 5.32 Å². The molecule has 1 rings (SSSR count). The van der Waals surface area contributed by atoms with Gasteiger partial charge in [-0.3, -0.25) is 0 Å². The molecule has 1 atom stereocenters. The standard InChI is InChI=1S/C15H31NS/c1-2-3-4-5-6-7-9-12-16-14-15-11-8-10-13-17-15/h15-16H,2-14H2,1H3. The number of nitrogens with one attached hydrogen (secondary N) is 1. The Balaban J connectivity index is 1.75. The molecule has 1 heterocycles. The van der Waals surface area contributed by atoms with Crippen LogP contribution in [0.15, 0.2) is 0 Å². The van der Waals surface area contributed by atoms with Gasteiger partial charge in [-0.25, -0.2) is 0 Å². The minimum Gasteiger partial charge on any atom is -0.316 e. The van der Waals surface area contributed by atoms with Crippen LogP contribution in [0.2, 0.25) is 0 Å². The summed E-state index contributed by atoms with van der Waals surface area (Å²) in [5.74, 6) is 1.39. The van der Waals surface area contributed by atoms with E-state index >= 15 is 0 Å². The van der Waals surface area contributed by atoms with Crippen LogP contribution in [0.4, 0.5) is 0 Å². The molecule has 17 heavy (non-hydrogen) atoms. The zero-order valence-corrected chi connectivity index (χ0v) is 12.5. The first-order valence-corrected chi connectivity index (χ1v) is 8.80. The fourth-order valence-electron chi connectivity index (χ4n) is 2.44. The maximum Gasteiger partial charge on any atom is 0.0172 e. The van der Waals surface area contributed by atoms with E-state index in [-0.39, 0.29) is 0 Å². The van der Waals surface area contributed by atoms with Crippen LogP contribution in [-0.2, 0) is 0 Å². The van der Waals surface area contributed by atoms with Gasteiger partial charge in [0.25, 0.3) is 0 Å². The average Bonchev–Trinajstić information content (AvgIpc) is 2.38. The molecule has 1 fully saturated rings. The van der Waals surface area contributed by atoms with Gasteiger partial charge < -0.3 is 5.32 Å². The molecule has 1 aliphatic heterocycles. The van der Waals surface area contributed by atoms with Crippen LogP contribution in [0.3, 0.4) is 0 Å².